The summed E-state index contributed by atoms with van der Waals surface area (Å²) in [6.45, 7) is 0. The fraction of sp³-hybridized carbons (Fsp3) is 0.125. The van der Waals surface area contributed by atoms with Crippen molar-refractivity contribution in [3.05, 3.63) is 100 Å². The molecule has 5 nitrogen and oxygen atoms in total. The van der Waals surface area contributed by atoms with E-state index in [1.54, 1.807) is 36.4 Å². The van der Waals surface area contributed by atoms with E-state index in [9.17, 15) is 14.3 Å². The zero-order valence-corrected chi connectivity index (χ0v) is 15.8. The summed E-state index contributed by atoms with van der Waals surface area (Å²) in [7, 11) is 0. The van der Waals surface area contributed by atoms with Crippen LogP contribution in [0.1, 0.15) is 38.7 Å². The Morgan fingerprint density at radius 1 is 1.10 bits per heavy atom. The van der Waals surface area contributed by atoms with Crippen molar-refractivity contribution in [1.29, 1.82) is 5.26 Å². The van der Waals surface area contributed by atoms with Crippen LogP contribution in [0.4, 0.5) is 10.1 Å². The standard InChI is InChI=1S/C24H16FN3O2/c25-18-6-3-15(4-7-18)23-21-12-17-11-16(24(29)30)5-10-20(17)22(21)27-28(23)19-8-1-14(13-26)2-9-19/h1-11,21,23H,12H2,(H,29,30)/t21-,23-/m0/s1. The van der Waals surface area contributed by atoms with Gasteiger partial charge in [-0.1, -0.05) is 18.2 Å². The molecule has 3 aromatic carbocycles. The zero-order valence-electron chi connectivity index (χ0n) is 15.8. The van der Waals surface area contributed by atoms with Crippen molar-refractivity contribution in [3.8, 4) is 6.07 Å². The molecule has 6 heteroatoms. The van der Waals surface area contributed by atoms with Crippen molar-refractivity contribution in [2.45, 2.75) is 12.5 Å². The summed E-state index contributed by atoms with van der Waals surface area (Å²) in [6.07, 6.45) is 0.657. The quantitative estimate of drug-likeness (QED) is 0.704. The summed E-state index contributed by atoms with van der Waals surface area (Å²) in [5, 5.41) is 25.2. The molecule has 2 aliphatic rings. The molecule has 1 heterocycles. The average molecular weight is 397 g/mol. The zero-order chi connectivity index (χ0) is 20.8. The molecule has 30 heavy (non-hydrogen) atoms. The second-order valence-electron chi connectivity index (χ2n) is 7.47. The van der Waals surface area contributed by atoms with E-state index in [1.807, 2.05) is 23.2 Å². The Kier molecular flexibility index (Phi) is 4.11. The van der Waals surface area contributed by atoms with Gasteiger partial charge in [0, 0.05) is 11.5 Å². The van der Waals surface area contributed by atoms with E-state index in [2.05, 4.69) is 6.07 Å². The number of hydrogen-bond donors (Lipinski definition) is 1. The normalized spacial score (nSPS) is 19.1. The number of carboxylic acids is 1. The third kappa shape index (κ3) is 2.83. The van der Waals surface area contributed by atoms with Gasteiger partial charge in [0.15, 0.2) is 0 Å². The Morgan fingerprint density at radius 2 is 1.83 bits per heavy atom. The highest BCUT2D eigenvalue weighted by Crippen LogP contribution is 2.46. The van der Waals surface area contributed by atoms with Gasteiger partial charge in [-0.25, -0.2) is 9.18 Å². The van der Waals surface area contributed by atoms with Crippen molar-refractivity contribution < 1.29 is 14.3 Å². The lowest BCUT2D eigenvalue weighted by atomic mass is 9.90. The van der Waals surface area contributed by atoms with Crippen LogP contribution in [0.2, 0.25) is 0 Å². The maximum absolute atomic E-state index is 13.6. The molecule has 2 atom stereocenters. The molecule has 0 spiro atoms. The van der Waals surface area contributed by atoms with E-state index in [4.69, 9.17) is 10.4 Å². The number of carboxylic acid groups (broad SMARTS) is 1. The van der Waals surface area contributed by atoms with E-state index in [1.165, 1.54) is 12.1 Å². The first-order chi connectivity index (χ1) is 14.5. The van der Waals surface area contributed by atoms with E-state index in [0.717, 1.165) is 28.1 Å². The fourth-order valence-electron chi connectivity index (χ4n) is 4.36. The molecule has 0 amide bonds. The molecule has 5 rings (SSSR count). The summed E-state index contributed by atoms with van der Waals surface area (Å²) < 4.78 is 13.6. The van der Waals surface area contributed by atoms with Gasteiger partial charge in [0.1, 0.15) is 5.82 Å². The number of aromatic carboxylic acids is 1. The number of hydrogen-bond acceptors (Lipinski definition) is 4. The van der Waals surface area contributed by atoms with Gasteiger partial charge in [0.05, 0.1) is 34.6 Å². The minimum absolute atomic E-state index is 0.0187. The van der Waals surface area contributed by atoms with Crippen LogP contribution in [0.3, 0.4) is 0 Å². The van der Waals surface area contributed by atoms with Crippen molar-refractivity contribution >= 4 is 17.4 Å². The first-order valence-electron chi connectivity index (χ1n) is 9.55. The second kappa shape index (κ2) is 6.82. The number of rotatable bonds is 3. The predicted octanol–water partition coefficient (Wildman–Crippen LogP) is 4.53. The molecule has 3 aromatic rings. The molecule has 146 valence electrons. The minimum atomic E-state index is -0.953. The van der Waals surface area contributed by atoms with Crippen molar-refractivity contribution in [2.24, 2.45) is 11.0 Å². The van der Waals surface area contributed by atoms with Crippen LogP contribution in [-0.2, 0) is 6.42 Å². The lowest BCUT2D eigenvalue weighted by Crippen LogP contribution is -2.25. The van der Waals surface area contributed by atoms with Gasteiger partial charge in [-0.3, -0.25) is 5.01 Å². The Balaban J connectivity index is 1.61. The van der Waals surface area contributed by atoms with Gasteiger partial charge in [0.2, 0.25) is 0 Å². The minimum Gasteiger partial charge on any atom is -0.478 e. The molecule has 0 fully saturated rings. The summed E-state index contributed by atoms with van der Waals surface area (Å²) in [5.41, 5.74) is 5.41. The number of nitrogens with zero attached hydrogens (tertiary/aromatic N) is 3. The van der Waals surface area contributed by atoms with Crippen LogP contribution in [0.25, 0.3) is 0 Å². The van der Waals surface area contributed by atoms with Crippen LogP contribution < -0.4 is 5.01 Å². The first-order valence-corrected chi connectivity index (χ1v) is 9.55. The Hall–Kier alpha value is -3.98. The molecule has 1 N–H and O–H groups in total. The van der Waals surface area contributed by atoms with Crippen molar-refractivity contribution in [2.75, 3.05) is 5.01 Å². The third-order valence-corrected chi connectivity index (χ3v) is 5.75. The summed E-state index contributed by atoms with van der Waals surface area (Å²) in [4.78, 5) is 11.4. The topological polar surface area (TPSA) is 76.7 Å². The summed E-state index contributed by atoms with van der Waals surface area (Å²) in [5.74, 6) is -1.24. The maximum atomic E-state index is 13.6. The highest BCUT2D eigenvalue weighted by molar-refractivity contribution is 6.09. The third-order valence-electron chi connectivity index (χ3n) is 5.75. The second-order valence-corrected chi connectivity index (χ2v) is 7.47. The predicted molar refractivity (Wildman–Crippen MR) is 110 cm³/mol. The number of hydrazone groups is 1. The number of benzene rings is 3. The Labute approximate surface area is 172 Å². The molecular formula is C24H16FN3O2. The monoisotopic (exact) mass is 397 g/mol. The van der Waals surface area contributed by atoms with Gasteiger partial charge >= 0.3 is 5.97 Å². The van der Waals surface area contributed by atoms with E-state index < -0.39 is 5.97 Å². The van der Waals surface area contributed by atoms with Crippen LogP contribution in [0.15, 0.2) is 71.8 Å². The fourth-order valence-corrected chi connectivity index (χ4v) is 4.36. The molecule has 0 radical (unpaired) electrons. The lowest BCUT2D eigenvalue weighted by molar-refractivity contribution is 0.0696. The SMILES string of the molecule is N#Cc1ccc(N2N=C3c4ccc(C(=O)O)cc4C[C@@H]3[C@@H]2c2ccc(F)cc2)cc1. The van der Waals surface area contributed by atoms with E-state index in [0.29, 0.717) is 12.0 Å². The van der Waals surface area contributed by atoms with Crippen LogP contribution >= 0.6 is 0 Å². The largest absolute Gasteiger partial charge is 0.478 e. The van der Waals surface area contributed by atoms with Gasteiger partial charge < -0.3 is 5.11 Å². The highest BCUT2D eigenvalue weighted by Gasteiger charge is 2.44. The number of nitriles is 1. The molecular weight excluding hydrogens is 381 g/mol. The van der Waals surface area contributed by atoms with E-state index in [-0.39, 0.29) is 23.3 Å². The van der Waals surface area contributed by atoms with Gasteiger partial charge in [-0.15, -0.1) is 0 Å². The molecule has 0 bridgehead atoms. The number of fused-ring (bicyclic) bond motifs is 3. The van der Waals surface area contributed by atoms with Gasteiger partial charge in [-0.05, 0) is 66.1 Å². The molecule has 0 aromatic heterocycles. The van der Waals surface area contributed by atoms with Gasteiger partial charge in [-0.2, -0.15) is 10.4 Å². The average Bonchev–Trinajstić information content (AvgIpc) is 3.30. The summed E-state index contributed by atoms with van der Waals surface area (Å²) >= 11 is 0. The first kappa shape index (κ1) is 18.1. The highest BCUT2D eigenvalue weighted by atomic mass is 19.1. The number of anilines is 1. The maximum Gasteiger partial charge on any atom is 0.335 e. The van der Waals surface area contributed by atoms with Crippen molar-refractivity contribution in [3.63, 3.8) is 0 Å². The smallest absolute Gasteiger partial charge is 0.335 e. The Morgan fingerprint density at radius 3 is 2.50 bits per heavy atom. The lowest BCUT2D eigenvalue weighted by Gasteiger charge is -2.28. The number of halogens is 1. The van der Waals surface area contributed by atoms with Crippen molar-refractivity contribution in [1.82, 2.24) is 0 Å². The van der Waals surface area contributed by atoms with Crippen LogP contribution in [-0.4, -0.2) is 16.8 Å². The Bertz CT molecular complexity index is 1230. The molecule has 0 saturated heterocycles. The van der Waals surface area contributed by atoms with Crippen LogP contribution in [0, 0.1) is 23.1 Å². The molecule has 0 saturated carbocycles. The van der Waals surface area contributed by atoms with Gasteiger partial charge in [0.25, 0.3) is 0 Å². The molecule has 0 unspecified atom stereocenters. The van der Waals surface area contributed by atoms with Crippen LogP contribution in [0.5, 0.6) is 0 Å². The number of carbonyl (C=O) groups is 1. The summed E-state index contributed by atoms with van der Waals surface area (Å²) in [6, 6.07) is 20.7. The molecule has 1 aliphatic heterocycles. The van der Waals surface area contributed by atoms with E-state index >= 15 is 0 Å². The molecule has 1 aliphatic carbocycles.